The lowest BCUT2D eigenvalue weighted by molar-refractivity contribution is 0.755. The van der Waals surface area contributed by atoms with Crippen LogP contribution in [0.25, 0.3) is 0 Å². The molecule has 16 heavy (non-hydrogen) atoms. The van der Waals surface area contributed by atoms with E-state index < -0.39 is 0 Å². The Morgan fingerprint density at radius 3 is 2.94 bits per heavy atom. The van der Waals surface area contributed by atoms with Crippen molar-refractivity contribution in [2.45, 2.75) is 26.3 Å². The van der Waals surface area contributed by atoms with Gasteiger partial charge in [0.25, 0.3) is 0 Å². The molecule has 1 aliphatic carbocycles. The average molecular weight is 212 g/mol. The van der Waals surface area contributed by atoms with E-state index in [9.17, 15) is 0 Å². The number of rotatable bonds is 0. The summed E-state index contributed by atoms with van der Waals surface area (Å²) in [5, 5.41) is 6.76. The first-order chi connectivity index (χ1) is 7.72. The minimum absolute atomic E-state index is 0.335. The average Bonchev–Trinajstić information content (AvgIpc) is 2.26. The zero-order valence-corrected chi connectivity index (χ0v) is 9.67. The second kappa shape index (κ2) is 3.41. The Labute approximate surface area is 96.1 Å². The van der Waals surface area contributed by atoms with Crippen molar-refractivity contribution < 1.29 is 0 Å². The fraction of sp³-hybridized carbons (Fsp3) is 0.286. The molecule has 3 rings (SSSR count). The highest BCUT2D eigenvalue weighted by Gasteiger charge is 2.22. The summed E-state index contributed by atoms with van der Waals surface area (Å²) >= 11 is 0. The van der Waals surface area contributed by atoms with Crippen LogP contribution in [-0.4, -0.2) is 6.04 Å². The third-order valence-electron chi connectivity index (χ3n) is 3.21. The van der Waals surface area contributed by atoms with Crippen LogP contribution in [-0.2, 0) is 0 Å². The van der Waals surface area contributed by atoms with Crippen molar-refractivity contribution in [2.75, 3.05) is 0 Å². The van der Waals surface area contributed by atoms with E-state index in [0.29, 0.717) is 6.04 Å². The molecule has 0 bridgehead atoms. The molecule has 0 fully saturated rings. The standard InChI is InChI=1S/C14H16N2/c1-9-3-11-5-12-4-10(2)8-16-14(12)6-13(11)15-7-9/h3,5-8,13,15-16H,4H2,1-2H3. The van der Waals surface area contributed by atoms with Gasteiger partial charge in [-0.25, -0.2) is 0 Å². The third kappa shape index (κ3) is 1.51. The summed E-state index contributed by atoms with van der Waals surface area (Å²) in [6.07, 6.45) is 12.1. The monoisotopic (exact) mass is 212 g/mol. The first-order valence-corrected chi connectivity index (χ1v) is 5.72. The predicted octanol–water partition coefficient (Wildman–Crippen LogP) is 2.51. The Kier molecular flexibility index (Phi) is 2.03. The normalized spacial score (nSPS) is 26.9. The molecule has 0 aromatic carbocycles. The van der Waals surface area contributed by atoms with Crippen LogP contribution in [0.2, 0.25) is 0 Å². The second-order valence-corrected chi connectivity index (χ2v) is 4.74. The molecular weight excluding hydrogens is 196 g/mol. The van der Waals surface area contributed by atoms with Crippen LogP contribution in [0.15, 0.2) is 58.6 Å². The van der Waals surface area contributed by atoms with Gasteiger partial charge < -0.3 is 10.6 Å². The first kappa shape index (κ1) is 9.52. The molecule has 1 unspecified atom stereocenters. The van der Waals surface area contributed by atoms with Crippen molar-refractivity contribution in [2.24, 2.45) is 0 Å². The summed E-state index contributed by atoms with van der Waals surface area (Å²) in [5.41, 5.74) is 6.71. The van der Waals surface area contributed by atoms with Crippen molar-refractivity contribution in [3.05, 3.63) is 58.6 Å². The van der Waals surface area contributed by atoms with Gasteiger partial charge in [0.2, 0.25) is 0 Å². The minimum atomic E-state index is 0.335. The summed E-state index contributed by atoms with van der Waals surface area (Å²) in [6, 6.07) is 0.335. The second-order valence-electron chi connectivity index (χ2n) is 4.74. The van der Waals surface area contributed by atoms with Gasteiger partial charge in [-0.3, -0.25) is 0 Å². The maximum Gasteiger partial charge on any atom is 0.0715 e. The highest BCUT2D eigenvalue weighted by molar-refractivity contribution is 5.53. The summed E-state index contributed by atoms with van der Waals surface area (Å²) in [6.45, 7) is 4.29. The van der Waals surface area contributed by atoms with Crippen LogP contribution in [0.1, 0.15) is 20.3 Å². The summed E-state index contributed by atoms with van der Waals surface area (Å²) in [7, 11) is 0. The Morgan fingerprint density at radius 2 is 2.06 bits per heavy atom. The van der Waals surface area contributed by atoms with E-state index in [1.54, 1.807) is 0 Å². The van der Waals surface area contributed by atoms with E-state index >= 15 is 0 Å². The lowest BCUT2D eigenvalue weighted by Gasteiger charge is -2.29. The number of nitrogens with one attached hydrogen (secondary N) is 2. The molecule has 0 radical (unpaired) electrons. The molecule has 2 nitrogen and oxygen atoms in total. The van der Waals surface area contributed by atoms with Crippen LogP contribution in [0, 0.1) is 0 Å². The predicted molar refractivity (Wildman–Crippen MR) is 66.4 cm³/mol. The van der Waals surface area contributed by atoms with E-state index in [1.165, 1.54) is 28.0 Å². The molecule has 0 spiro atoms. The number of hydrogen-bond acceptors (Lipinski definition) is 2. The molecule has 0 aromatic heterocycles. The molecule has 2 heteroatoms. The number of dihydropyridines is 1. The minimum Gasteiger partial charge on any atom is -0.380 e. The fourth-order valence-corrected chi connectivity index (χ4v) is 2.38. The lowest BCUT2D eigenvalue weighted by Crippen LogP contribution is -2.32. The van der Waals surface area contributed by atoms with E-state index in [4.69, 9.17) is 0 Å². The Bertz CT molecular complexity index is 487. The van der Waals surface area contributed by atoms with Crippen LogP contribution < -0.4 is 10.6 Å². The van der Waals surface area contributed by atoms with Gasteiger partial charge in [-0.1, -0.05) is 17.7 Å². The van der Waals surface area contributed by atoms with Crippen LogP contribution >= 0.6 is 0 Å². The maximum absolute atomic E-state index is 3.40. The topological polar surface area (TPSA) is 24.1 Å². The van der Waals surface area contributed by atoms with Gasteiger partial charge in [0.15, 0.2) is 0 Å². The van der Waals surface area contributed by atoms with Gasteiger partial charge in [0.1, 0.15) is 0 Å². The zero-order chi connectivity index (χ0) is 11.1. The maximum atomic E-state index is 3.40. The zero-order valence-electron chi connectivity index (χ0n) is 9.67. The highest BCUT2D eigenvalue weighted by Crippen LogP contribution is 2.30. The van der Waals surface area contributed by atoms with Gasteiger partial charge in [-0.05, 0) is 43.1 Å². The third-order valence-corrected chi connectivity index (χ3v) is 3.21. The smallest absolute Gasteiger partial charge is 0.0715 e. The van der Waals surface area contributed by atoms with Gasteiger partial charge in [0.05, 0.1) is 6.04 Å². The quantitative estimate of drug-likeness (QED) is 0.644. The lowest BCUT2D eigenvalue weighted by atomic mass is 9.88. The SMILES string of the molecule is CC1=CNC2C=C3NC=C(C)CC3=CC2=C1. The summed E-state index contributed by atoms with van der Waals surface area (Å²) < 4.78 is 0. The van der Waals surface area contributed by atoms with Gasteiger partial charge >= 0.3 is 0 Å². The van der Waals surface area contributed by atoms with E-state index in [2.05, 4.69) is 55.1 Å². The molecular formula is C14H16N2. The van der Waals surface area contributed by atoms with Gasteiger partial charge in [0, 0.05) is 18.1 Å². The Balaban J connectivity index is 2.00. The molecule has 0 saturated carbocycles. The number of allylic oxidation sites excluding steroid dienone is 4. The van der Waals surface area contributed by atoms with Crippen molar-refractivity contribution in [3.63, 3.8) is 0 Å². The van der Waals surface area contributed by atoms with Crippen LogP contribution in [0.3, 0.4) is 0 Å². The van der Waals surface area contributed by atoms with Gasteiger partial charge in [-0.2, -0.15) is 0 Å². The van der Waals surface area contributed by atoms with Crippen molar-refractivity contribution in [1.82, 2.24) is 10.6 Å². The molecule has 1 atom stereocenters. The van der Waals surface area contributed by atoms with Gasteiger partial charge in [-0.15, -0.1) is 0 Å². The largest absolute Gasteiger partial charge is 0.380 e. The van der Waals surface area contributed by atoms with Crippen LogP contribution in [0.4, 0.5) is 0 Å². The number of fused-ring (bicyclic) bond motifs is 2. The summed E-state index contributed by atoms with van der Waals surface area (Å²) in [5.74, 6) is 0. The molecule has 0 saturated heterocycles. The molecule has 0 aromatic rings. The van der Waals surface area contributed by atoms with E-state index in [0.717, 1.165) is 6.42 Å². The molecule has 2 N–H and O–H groups in total. The van der Waals surface area contributed by atoms with Crippen molar-refractivity contribution in [1.29, 1.82) is 0 Å². The molecule has 0 amide bonds. The molecule has 3 aliphatic rings. The van der Waals surface area contributed by atoms with Crippen LogP contribution in [0.5, 0.6) is 0 Å². The molecule has 2 heterocycles. The Morgan fingerprint density at radius 1 is 1.19 bits per heavy atom. The van der Waals surface area contributed by atoms with E-state index in [-0.39, 0.29) is 0 Å². The first-order valence-electron chi connectivity index (χ1n) is 5.72. The fourth-order valence-electron chi connectivity index (χ4n) is 2.38. The van der Waals surface area contributed by atoms with E-state index in [1.807, 2.05) is 0 Å². The Hall–Kier alpha value is -1.70. The van der Waals surface area contributed by atoms with Crippen molar-refractivity contribution in [3.8, 4) is 0 Å². The summed E-state index contributed by atoms with van der Waals surface area (Å²) in [4.78, 5) is 0. The number of hydrogen-bond donors (Lipinski definition) is 2. The molecule has 2 aliphatic heterocycles. The highest BCUT2D eigenvalue weighted by atomic mass is 14.9. The van der Waals surface area contributed by atoms with Crippen molar-refractivity contribution >= 4 is 0 Å². The molecule has 82 valence electrons.